The molecule has 1 aromatic carbocycles. The quantitative estimate of drug-likeness (QED) is 0.643. The standard InChI is InChI=1S/C21H23N3O4S/c1-3-8-24-9-7-13-16(11-24)29-21(17(13)19(22)25)23-20(26)15-10-12-5-4-6-14(27-2)18(12)28-15/h4-6,10H,3,7-9,11H2,1-2H3,(H2,22,25)(H,23,26). The van der Waals surface area contributed by atoms with Crippen molar-refractivity contribution in [1.82, 2.24) is 4.90 Å². The number of rotatable bonds is 6. The van der Waals surface area contributed by atoms with Crippen LogP contribution in [0.25, 0.3) is 11.0 Å². The summed E-state index contributed by atoms with van der Waals surface area (Å²) in [6, 6.07) is 7.11. The molecule has 2 amide bonds. The van der Waals surface area contributed by atoms with E-state index in [1.54, 1.807) is 19.2 Å². The minimum Gasteiger partial charge on any atom is -0.493 e. The average Bonchev–Trinajstić information content (AvgIpc) is 3.28. The number of furan rings is 1. The monoisotopic (exact) mass is 413 g/mol. The molecule has 3 aromatic rings. The summed E-state index contributed by atoms with van der Waals surface area (Å²) in [4.78, 5) is 28.4. The summed E-state index contributed by atoms with van der Waals surface area (Å²) < 4.78 is 11.0. The number of amides is 2. The van der Waals surface area contributed by atoms with Crippen LogP contribution in [0.3, 0.4) is 0 Å². The van der Waals surface area contributed by atoms with Crippen LogP contribution in [-0.4, -0.2) is 36.9 Å². The highest BCUT2D eigenvalue weighted by molar-refractivity contribution is 7.17. The first-order valence-electron chi connectivity index (χ1n) is 9.56. The number of nitrogens with zero attached hydrogens (tertiary/aromatic N) is 1. The number of nitrogens with one attached hydrogen (secondary N) is 1. The number of methoxy groups -OCH3 is 1. The van der Waals surface area contributed by atoms with Crippen LogP contribution in [0.5, 0.6) is 5.75 Å². The largest absolute Gasteiger partial charge is 0.493 e. The third kappa shape index (κ3) is 3.61. The molecule has 4 rings (SSSR count). The number of fused-ring (bicyclic) bond motifs is 2. The third-order valence-corrected chi connectivity index (χ3v) is 6.23. The molecule has 1 aliphatic rings. The highest BCUT2D eigenvalue weighted by atomic mass is 32.1. The number of carbonyl (C=O) groups is 2. The van der Waals surface area contributed by atoms with E-state index in [0.29, 0.717) is 21.9 Å². The molecule has 0 fully saturated rings. The number of hydrogen-bond acceptors (Lipinski definition) is 6. The summed E-state index contributed by atoms with van der Waals surface area (Å²) in [5.74, 6) is -0.233. The van der Waals surface area contributed by atoms with E-state index < -0.39 is 11.8 Å². The summed E-state index contributed by atoms with van der Waals surface area (Å²) in [5, 5.41) is 4.09. The lowest BCUT2D eigenvalue weighted by molar-refractivity contribution is 0.0999. The smallest absolute Gasteiger partial charge is 0.292 e. The summed E-state index contributed by atoms with van der Waals surface area (Å²) in [7, 11) is 1.55. The molecule has 0 unspecified atom stereocenters. The lowest BCUT2D eigenvalue weighted by Crippen LogP contribution is -2.31. The average molecular weight is 413 g/mol. The van der Waals surface area contributed by atoms with Crippen LogP contribution in [0, 0.1) is 0 Å². The maximum Gasteiger partial charge on any atom is 0.292 e. The Balaban J connectivity index is 1.64. The number of para-hydroxylation sites is 1. The van der Waals surface area contributed by atoms with E-state index in [1.807, 2.05) is 12.1 Å². The SMILES string of the molecule is CCCN1CCc2c(sc(NC(=O)c3cc4cccc(OC)c4o3)c2C(N)=O)C1. The molecule has 7 nitrogen and oxygen atoms in total. The Hall–Kier alpha value is -2.84. The Bertz CT molecular complexity index is 1090. The molecule has 0 saturated carbocycles. The van der Waals surface area contributed by atoms with Crippen molar-refractivity contribution in [3.8, 4) is 5.75 Å². The second-order valence-electron chi connectivity index (χ2n) is 7.04. The molecule has 29 heavy (non-hydrogen) atoms. The van der Waals surface area contributed by atoms with Crippen LogP contribution in [0.15, 0.2) is 28.7 Å². The van der Waals surface area contributed by atoms with Gasteiger partial charge in [0.15, 0.2) is 17.1 Å². The Morgan fingerprint density at radius 2 is 2.21 bits per heavy atom. The number of nitrogens with two attached hydrogens (primary N) is 1. The van der Waals surface area contributed by atoms with Gasteiger partial charge in [-0.05, 0) is 37.1 Å². The van der Waals surface area contributed by atoms with Gasteiger partial charge in [0, 0.05) is 23.4 Å². The zero-order chi connectivity index (χ0) is 20.5. The third-order valence-electron chi connectivity index (χ3n) is 5.10. The molecule has 0 saturated heterocycles. The van der Waals surface area contributed by atoms with E-state index in [1.165, 1.54) is 11.3 Å². The molecule has 0 spiro atoms. The fraction of sp³-hybridized carbons (Fsp3) is 0.333. The van der Waals surface area contributed by atoms with Crippen LogP contribution < -0.4 is 15.8 Å². The maximum absolute atomic E-state index is 12.8. The van der Waals surface area contributed by atoms with Crippen molar-refractivity contribution in [3.63, 3.8) is 0 Å². The van der Waals surface area contributed by atoms with Gasteiger partial charge < -0.3 is 20.2 Å². The van der Waals surface area contributed by atoms with Gasteiger partial charge in [0.25, 0.3) is 11.8 Å². The van der Waals surface area contributed by atoms with Crippen LogP contribution >= 0.6 is 11.3 Å². The molecule has 0 atom stereocenters. The molecular formula is C21H23N3O4S. The predicted molar refractivity (Wildman–Crippen MR) is 113 cm³/mol. The first kappa shape index (κ1) is 19.5. The Morgan fingerprint density at radius 1 is 1.38 bits per heavy atom. The Kier molecular flexibility index (Phi) is 5.29. The Morgan fingerprint density at radius 3 is 2.93 bits per heavy atom. The van der Waals surface area contributed by atoms with Crippen molar-refractivity contribution in [3.05, 3.63) is 46.0 Å². The van der Waals surface area contributed by atoms with Crippen molar-refractivity contribution in [1.29, 1.82) is 0 Å². The fourth-order valence-corrected chi connectivity index (χ4v) is 5.08. The summed E-state index contributed by atoms with van der Waals surface area (Å²) in [6.45, 7) is 4.80. The van der Waals surface area contributed by atoms with Gasteiger partial charge in [0.05, 0.1) is 12.7 Å². The molecular weight excluding hydrogens is 390 g/mol. The molecule has 3 N–H and O–H groups in total. The maximum atomic E-state index is 12.8. The van der Waals surface area contributed by atoms with E-state index in [2.05, 4.69) is 17.1 Å². The predicted octanol–water partition coefficient (Wildman–Crippen LogP) is 3.62. The summed E-state index contributed by atoms with van der Waals surface area (Å²) in [6.07, 6.45) is 1.82. The lowest BCUT2D eigenvalue weighted by atomic mass is 10.0. The number of carbonyl (C=O) groups excluding carboxylic acids is 2. The zero-order valence-electron chi connectivity index (χ0n) is 16.4. The molecule has 3 heterocycles. The molecule has 0 bridgehead atoms. The number of hydrogen-bond donors (Lipinski definition) is 2. The molecule has 8 heteroatoms. The van der Waals surface area contributed by atoms with Crippen molar-refractivity contribution in [2.45, 2.75) is 26.3 Å². The molecule has 2 aromatic heterocycles. The normalized spacial score (nSPS) is 14.0. The van der Waals surface area contributed by atoms with Crippen LogP contribution in [-0.2, 0) is 13.0 Å². The van der Waals surface area contributed by atoms with Gasteiger partial charge in [-0.15, -0.1) is 11.3 Å². The Labute approximate surface area is 172 Å². The minimum atomic E-state index is -0.520. The van der Waals surface area contributed by atoms with E-state index >= 15 is 0 Å². The van der Waals surface area contributed by atoms with E-state index in [4.69, 9.17) is 14.9 Å². The second-order valence-corrected chi connectivity index (χ2v) is 8.15. The van der Waals surface area contributed by atoms with Gasteiger partial charge >= 0.3 is 0 Å². The minimum absolute atomic E-state index is 0.152. The molecule has 0 radical (unpaired) electrons. The van der Waals surface area contributed by atoms with Crippen molar-refractivity contribution >= 4 is 39.1 Å². The van der Waals surface area contributed by atoms with E-state index in [0.717, 1.165) is 48.3 Å². The van der Waals surface area contributed by atoms with Crippen LogP contribution in [0.2, 0.25) is 0 Å². The number of benzene rings is 1. The van der Waals surface area contributed by atoms with Gasteiger partial charge in [0.2, 0.25) is 0 Å². The van der Waals surface area contributed by atoms with Gasteiger partial charge in [0.1, 0.15) is 5.00 Å². The second kappa shape index (κ2) is 7.88. The first-order chi connectivity index (χ1) is 14.0. The zero-order valence-corrected chi connectivity index (χ0v) is 17.2. The molecule has 152 valence electrons. The highest BCUT2D eigenvalue weighted by Crippen LogP contribution is 2.37. The van der Waals surface area contributed by atoms with Crippen molar-refractivity contribution < 1.29 is 18.7 Å². The summed E-state index contributed by atoms with van der Waals surface area (Å²) >= 11 is 1.42. The van der Waals surface area contributed by atoms with Gasteiger partial charge in [-0.1, -0.05) is 19.1 Å². The van der Waals surface area contributed by atoms with Crippen LogP contribution in [0.1, 0.15) is 44.7 Å². The summed E-state index contributed by atoms with van der Waals surface area (Å²) in [5.41, 5.74) is 7.54. The van der Waals surface area contributed by atoms with Crippen LogP contribution in [0.4, 0.5) is 5.00 Å². The van der Waals surface area contributed by atoms with Gasteiger partial charge in [-0.3, -0.25) is 14.5 Å². The topological polar surface area (TPSA) is 97.8 Å². The highest BCUT2D eigenvalue weighted by Gasteiger charge is 2.28. The van der Waals surface area contributed by atoms with Gasteiger partial charge in [-0.25, -0.2) is 0 Å². The molecule has 0 aliphatic carbocycles. The number of ether oxygens (including phenoxy) is 1. The first-order valence-corrected chi connectivity index (χ1v) is 10.4. The number of anilines is 1. The van der Waals surface area contributed by atoms with E-state index in [-0.39, 0.29) is 5.76 Å². The van der Waals surface area contributed by atoms with Crippen molar-refractivity contribution in [2.75, 3.05) is 25.5 Å². The lowest BCUT2D eigenvalue weighted by Gasteiger charge is -2.26. The number of thiophene rings is 1. The fourth-order valence-electron chi connectivity index (χ4n) is 3.79. The van der Waals surface area contributed by atoms with Crippen molar-refractivity contribution in [2.24, 2.45) is 5.73 Å². The molecule has 1 aliphatic heterocycles. The van der Waals surface area contributed by atoms with Gasteiger partial charge in [-0.2, -0.15) is 0 Å². The van der Waals surface area contributed by atoms with E-state index in [9.17, 15) is 9.59 Å². The number of primary amides is 1.